The minimum atomic E-state index is 0.264. The number of nitrogens with zero attached hydrogens (tertiary/aromatic N) is 1. The average molecular weight is 272 g/mol. The average Bonchev–Trinajstić information content (AvgIpc) is 3.14. The molecule has 3 heteroatoms. The topological polar surface area (TPSA) is 32.3 Å². The van der Waals surface area contributed by atoms with Crippen LogP contribution in [0.15, 0.2) is 24.3 Å². The Labute approximate surface area is 121 Å². The first-order chi connectivity index (χ1) is 9.74. The van der Waals surface area contributed by atoms with Crippen LogP contribution < -0.4 is 5.32 Å². The van der Waals surface area contributed by atoms with E-state index in [2.05, 4.69) is 36.5 Å². The summed E-state index contributed by atoms with van der Waals surface area (Å²) in [7, 11) is 0. The van der Waals surface area contributed by atoms with Gasteiger partial charge in [-0.2, -0.15) is 0 Å². The number of likely N-dealkylation sites (tertiary alicyclic amines) is 1. The number of carbonyl (C=O) groups is 1. The highest BCUT2D eigenvalue weighted by Gasteiger charge is 2.32. The van der Waals surface area contributed by atoms with Crippen LogP contribution in [0.3, 0.4) is 0 Å². The third-order valence-corrected chi connectivity index (χ3v) is 4.46. The van der Waals surface area contributed by atoms with Gasteiger partial charge in [-0.3, -0.25) is 4.79 Å². The second kappa shape index (κ2) is 5.96. The monoisotopic (exact) mass is 272 g/mol. The smallest absolute Gasteiger partial charge is 0.236 e. The van der Waals surface area contributed by atoms with Crippen LogP contribution in [0.5, 0.6) is 0 Å². The van der Waals surface area contributed by atoms with Crippen molar-refractivity contribution in [3.05, 3.63) is 35.4 Å². The van der Waals surface area contributed by atoms with E-state index in [1.165, 1.54) is 24.0 Å². The summed E-state index contributed by atoms with van der Waals surface area (Å²) in [6.07, 6.45) is 4.89. The van der Waals surface area contributed by atoms with Crippen LogP contribution in [0.1, 0.15) is 42.9 Å². The molecule has 1 aliphatic heterocycles. The van der Waals surface area contributed by atoms with E-state index in [0.29, 0.717) is 18.5 Å². The van der Waals surface area contributed by atoms with Gasteiger partial charge >= 0.3 is 0 Å². The SMILES string of the molecule is Cc1ccc(C(NCC(=O)N2CCCC2)C2CC2)cc1. The fourth-order valence-electron chi connectivity index (χ4n) is 3.04. The van der Waals surface area contributed by atoms with Crippen molar-refractivity contribution in [2.75, 3.05) is 19.6 Å². The van der Waals surface area contributed by atoms with Crippen molar-refractivity contribution in [2.45, 2.75) is 38.6 Å². The Morgan fingerprint density at radius 3 is 2.50 bits per heavy atom. The molecule has 1 amide bonds. The second-order valence-electron chi connectivity index (χ2n) is 6.19. The zero-order chi connectivity index (χ0) is 13.9. The van der Waals surface area contributed by atoms with E-state index in [1.807, 2.05) is 4.90 Å². The van der Waals surface area contributed by atoms with Gasteiger partial charge in [0.25, 0.3) is 0 Å². The van der Waals surface area contributed by atoms with Gasteiger partial charge in [-0.1, -0.05) is 29.8 Å². The molecule has 2 fully saturated rings. The normalized spacial score (nSPS) is 20.1. The Morgan fingerprint density at radius 1 is 1.25 bits per heavy atom. The largest absolute Gasteiger partial charge is 0.342 e. The maximum absolute atomic E-state index is 12.1. The van der Waals surface area contributed by atoms with Gasteiger partial charge in [-0.15, -0.1) is 0 Å². The van der Waals surface area contributed by atoms with Gasteiger partial charge in [0.1, 0.15) is 0 Å². The summed E-state index contributed by atoms with van der Waals surface area (Å²) < 4.78 is 0. The van der Waals surface area contributed by atoms with Crippen LogP contribution in [-0.2, 0) is 4.79 Å². The molecule has 1 heterocycles. The standard InChI is InChI=1S/C17H24N2O/c1-13-4-6-14(7-5-13)17(15-8-9-15)18-12-16(20)19-10-2-3-11-19/h4-7,15,17-18H,2-3,8-12H2,1H3. The summed E-state index contributed by atoms with van der Waals surface area (Å²) in [5.41, 5.74) is 2.61. The first-order valence-electron chi connectivity index (χ1n) is 7.82. The fourth-order valence-corrected chi connectivity index (χ4v) is 3.04. The third kappa shape index (κ3) is 3.21. The second-order valence-corrected chi connectivity index (χ2v) is 6.19. The predicted molar refractivity (Wildman–Crippen MR) is 80.5 cm³/mol. The van der Waals surface area contributed by atoms with Crippen molar-refractivity contribution >= 4 is 5.91 Å². The van der Waals surface area contributed by atoms with Crippen molar-refractivity contribution in [1.82, 2.24) is 10.2 Å². The molecule has 1 atom stereocenters. The van der Waals surface area contributed by atoms with Crippen LogP contribution >= 0.6 is 0 Å². The molecule has 1 saturated carbocycles. The molecule has 0 radical (unpaired) electrons. The Hall–Kier alpha value is -1.35. The minimum absolute atomic E-state index is 0.264. The molecule has 0 spiro atoms. The molecule has 3 rings (SSSR count). The van der Waals surface area contributed by atoms with Gasteiger partial charge in [-0.25, -0.2) is 0 Å². The molecule has 1 saturated heterocycles. The number of aryl methyl sites for hydroxylation is 1. The van der Waals surface area contributed by atoms with Crippen LogP contribution in [-0.4, -0.2) is 30.4 Å². The fraction of sp³-hybridized carbons (Fsp3) is 0.588. The van der Waals surface area contributed by atoms with Gasteiger partial charge in [0.05, 0.1) is 6.54 Å². The van der Waals surface area contributed by atoms with E-state index in [1.54, 1.807) is 0 Å². The lowest BCUT2D eigenvalue weighted by molar-refractivity contribution is -0.129. The Bertz CT molecular complexity index is 458. The Kier molecular flexibility index (Phi) is 4.06. The minimum Gasteiger partial charge on any atom is -0.342 e. The molecule has 1 aromatic carbocycles. The van der Waals surface area contributed by atoms with E-state index >= 15 is 0 Å². The molecule has 20 heavy (non-hydrogen) atoms. The summed E-state index contributed by atoms with van der Waals surface area (Å²) >= 11 is 0. The first-order valence-corrected chi connectivity index (χ1v) is 7.82. The number of hydrogen-bond acceptors (Lipinski definition) is 2. The molecule has 3 nitrogen and oxygen atoms in total. The molecule has 1 N–H and O–H groups in total. The summed E-state index contributed by atoms with van der Waals surface area (Å²) in [5, 5.41) is 3.50. The van der Waals surface area contributed by atoms with Crippen molar-refractivity contribution in [3.8, 4) is 0 Å². The molecule has 1 aliphatic carbocycles. The first kappa shape index (κ1) is 13.6. The van der Waals surface area contributed by atoms with E-state index in [0.717, 1.165) is 25.9 Å². The number of carbonyl (C=O) groups excluding carboxylic acids is 1. The van der Waals surface area contributed by atoms with Crippen LogP contribution in [0, 0.1) is 12.8 Å². The summed E-state index contributed by atoms with van der Waals surface area (Å²) in [6, 6.07) is 9.07. The number of hydrogen-bond donors (Lipinski definition) is 1. The van der Waals surface area contributed by atoms with Crippen molar-refractivity contribution < 1.29 is 4.79 Å². The Morgan fingerprint density at radius 2 is 1.90 bits per heavy atom. The van der Waals surface area contributed by atoms with Crippen LogP contribution in [0.2, 0.25) is 0 Å². The highest BCUT2D eigenvalue weighted by atomic mass is 16.2. The van der Waals surface area contributed by atoms with Gasteiger partial charge in [0.2, 0.25) is 5.91 Å². The lowest BCUT2D eigenvalue weighted by atomic mass is 10.0. The van der Waals surface area contributed by atoms with Crippen molar-refractivity contribution in [2.24, 2.45) is 5.92 Å². The number of nitrogens with one attached hydrogen (secondary N) is 1. The van der Waals surface area contributed by atoms with Crippen LogP contribution in [0.25, 0.3) is 0 Å². The molecule has 108 valence electrons. The van der Waals surface area contributed by atoms with Gasteiger partial charge in [0, 0.05) is 19.1 Å². The predicted octanol–water partition coefficient (Wildman–Crippen LogP) is 2.66. The Balaban J connectivity index is 1.60. The quantitative estimate of drug-likeness (QED) is 0.893. The molecule has 1 unspecified atom stereocenters. The number of amides is 1. The molecular weight excluding hydrogens is 248 g/mol. The number of benzene rings is 1. The molecule has 0 aromatic heterocycles. The molecule has 1 aromatic rings. The molecule has 2 aliphatic rings. The lowest BCUT2D eigenvalue weighted by Gasteiger charge is -2.21. The highest BCUT2D eigenvalue weighted by molar-refractivity contribution is 5.78. The van der Waals surface area contributed by atoms with Crippen molar-refractivity contribution in [3.63, 3.8) is 0 Å². The lowest BCUT2D eigenvalue weighted by Crippen LogP contribution is -2.38. The summed E-state index contributed by atoms with van der Waals surface area (Å²) in [5.74, 6) is 0.976. The highest BCUT2D eigenvalue weighted by Crippen LogP contribution is 2.40. The molecular formula is C17H24N2O. The number of rotatable bonds is 5. The van der Waals surface area contributed by atoms with E-state index < -0.39 is 0 Å². The third-order valence-electron chi connectivity index (χ3n) is 4.46. The maximum atomic E-state index is 12.1. The van der Waals surface area contributed by atoms with Gasteiger partial charge in [-0.05, 0) is 44.1 Å². The van der Waals surface area contributed by atoms with Gasteiger partial charge in [0.15, 0.2) is 0 Å². The van der Waals surface area contributed by atoms with E-state index in [9.17, 15) is 4.79 Å². The molecule has 0 bridgehead atoms. The van der Waals surface area contributed by atoms with Crippen molar-refractivity contribution in [1.29, 1.82) is 0 Å². The maximum Gasteiger partial charge on any atom is 0.236 e. The summed E-state index contributed by atoms with van der Waals surface area (Å²) in [6.45, 7) is 4.48. The summed E-state index contributed by atoms with van der Waals surface area (Å²) in [4.78, 5) is 14.1. The van der Waals surface area contributed by atoms with Gasteiger partial charge < -0.3 is 10.2 Å². The zero-order valence-electron chi connectivity index (χ0n) is 12.3. The van der Waals surface area contributed by atoms with Crippen LogP contribution in [0.4, 0.5) is 0 Å². The van der Waals surface area contributed by atoms with E-state index in [-0.39, 0.29) is 5.91 Å². The zero-order valence-corrected chi connectivity index (χ0v) is 12.3. The van der Waals surface area contributed by atoms with E-state index in [4.69, 9.17) is 0 Å².